The van der Waals surface area contributed by atoms with Crippen LogP contribution in [0.5, 0.6) is 0 Å². The minimum Gasteiger partial charge on any atom is -0.323 e. The lowest BCUT2D eigenvalue weighted by molar-refractivity contribution is -0.136. The molecule has 0 aliphatic rings. The minimum atomic E-state index is -4.35. The van der Waals surface area contributed by atoms with Gasteiger partial charge in [-0.25, -0.2) is 4.79 Å². The van der Waals surface area contributed by atoms with Gasteiger partial charge in [0.1, 0.15) is 0 Å². The summed E-state index contributed by atoms with van der Waals surface area (Å²) in [5, 5.41) is 11.4. The summed E-state index contributed by atoms with van der Waals surface area (Å²) in [7, 11) is 0. The zero-order chi connectivity index (χ0) is 18.3. The van der Waals surface area contributed by atoms with E-state index < -0.39 is 25.2 Å². The van der Waals surface area contributed by atoms with Crippen molar-refractivity contribution in [1.82, 2.24) is 4.90 Å². The zero-order valence-electron chi connectivity index (χ0n) is 14.1. The summed E-state index contributed by atoms with van der Waals surface area (Å²) in [6.45, 7) is 5.26. The molecule has 0 aromatic heterocycles. The number of hydrogen-bond acceptors (Lipinski definition) is 2. The van der Waals surface area contributed by atoms with Crippen LogP contribution in [-0.2, 0) is 0 Å². The Bertz CT molecular complexity index is 606. The number of para-hydroxylation sites is 1. The molecule has 0 spiro atoms. The molecule has 0 atom stereocenters. The molecule has 2 amide bonds. The molecule has 1 N–H and O–H groups in total. The van der Waals surface area contributed by atoms with Crippen LogP contribution in [0.3, 0.4) is 0 Å². The van der Waals surface area contributed by atoms with Crippen LogP contribution in [-0.4, -0.2) is 30.2 Å². The van der Waals surface area contributed by atoms with E-state index in [9.17, 15) is 18.0 Å². The van der Waals surface area contributed by atoms with Crippen molar-refractivity contribution in [3.8, 4) is 6.07 Å². The number of rotatable bonds is 6. The fraction of sp³-hybridized carbons (Fsp3) is 0.529. The molecule has 0 bridgehead atoms. The number of nitrogens with one attached hydrogen (secondary N) is 1. The molecule has 0 radical (unpaired) electrons. The first-order valence-corrected chi connectivity index (χ1v) is 7.75. The number of anilines is 1. The number of nitriles is 1. The fourth-order valence-electron chi connectivity index (χ4n) is 2.29. The lowest BCUT2D eigenvalue weighted by Gasteiger charge is -2.24. The molecule has 1 aromatic rings. The van der Waals surface area contributed by atoms with Gasteiger partial charge in [0.25, 0.3) is 0 Å². The summed E-state index contributed by atoms with van der Waals surface area (Å²) >= 11 is 0. The predicted octanol–water partition coefficient (Wildman–Crippen LogP) is 4.82. The molecule has 0 aliphatic heterocycles. The quantitative estimate of drug-likeness (QED) is 0.806. The first-order chi connectivity index (χ1) is 11.2. The van der Waals surface area contributed by atoms with Crippen molar-refractivity contribution < 1.29 is 18.0 Å². The average Bonchev–Trinajstić information content (AvgIpc) is 2.47. The maximum Gasteiger partial charge on any atom is 0.390 e. The van der Waals surface area contributed by atoms with Crippen molar-refractivity contribution in [3.63, 3.8) is 0 Å². The molecule has 0 unspecified atom stereocenters. The van der Waals surface area contributed by atoms with Gasteiger partial charge in [0.05, 0.1) is 18.9 Å². The van der Waals surface area contributed by atoms with Gasteiger partial charge in [-0.2, -0.15) is 18.4 Å². The van der Waals surface area contributed by atoms with Crippen LogP contribution < -0.4 is 5.32 Å². The summed E-state index contributed by atoms with van der Waals surface area (Å²) in [5.74, 6) is 0.155. The third-order valence-electron chi connectivity index (χ3n) is 3.60. The van der Waals surface area contributed by atoms with E-state index in [4.69, 9.17) is 5.26 Å². The normalized spacial score (nSPS) is 11.2. The predicted molar refractivity (Wildman–Crippen MR) is 86.8 cm³/mol. The molecule has 4 nitrogen and oxygen atoms in total. The number of aryl methyl sites for hydroxylation is 1. The SMILES string of the molecule is Cc1cccc(C(C)C)c1NC(=O)N(CCC#N)CCC(F)(F)F. The van der Waals surface area contributed by atoms with E-state index in [2.05, 4.69) is 5.32 Å². The number of carbonyl (C=O) groups excluding carboxylic acids is 1. The average molecular weight is 341 g/mol. The number of alkyl halides is 3. The maximum absolute atomic E-state index is 12.4. The summed E-state index contributed by atoms with van der Waals surface area (Å²) in [6.07, 6.45) is -5.47. The number of amides is 2. The van der Waals surface area contributed by atoms with E-state index in [0.717, 1.165) is 16.0 Å². The minimum absolute atomic E-state index is 0.0178. The van der Waals surface area contributed by atoms with Crippen LogP contribution in [0.1, 0.15) is 43.7 Å². The van der Waals surface area contributed by atoms with E-state index in [1.165, 1.54) is 0 Å². The Morgan fingerprint density at radius 3 is 2.54 bits per heavy atom. The number of carbonyl (C=O) groups is 1. The van der Waals surface area contributed by atoms with Crippen molar-refractivity contribution >= 4 is 11.7 Å². The van der Waals surface area contributed by atoms with Crippen molar-refractivity contribution in [2.75, 3.05) is 18.4 Å². The number of halogens is 3. The standard InChI is InChI=1S/C17H22F3N3O/c1-12(2)14-7-4-6-13(3)15(14)22-16(24)23(10-5-9-21)11-8-17(18,19)20/h4,6-7,12H,5,8,10-11H2,1-3H3,(H,22,24). The number of hydrogen-bond donors (Lipinski definition) is 1. The van der Waals surface area contributed by atoms with E-state index in [0.29, 0.717) is 5.69 Å². The molecule has 132 valence electrons. The third-order valence-corrected chi connectivity index (χ3v) is 3.60. The Kier molecular flexibility index (Phi) is 7.08. The maximum atomic E-state index is 12.4. The van der Waals surface area contributed by atoms with Gasteiger partial charge in [-0.3, -0.25) is 0 Å². The van der Waals surface area contributed by atoms with Crippen molar-refractivity contribution in [1.29, 1.82) is 5.26 Å². The van der Waals surface area contributed by atoms with Gasteiger partial charge in [-0.05, 0) is 24.0 Å². The van der Waals surface area contributed by atoms with Gasteiger partial charge in [-0.15, -0.1) is 0 Å². The molecule has 0 fully saturated rings. The molecule has 1 rings (SSSR count). The molecular formula is C17H22F3N3O. The summed E-state index contributed by atoms with van der Waals surface area (Å²) in [4.78, 5) is 13.4. The zero-order valence-corrected chi connectivity index (χ0v) is 14.1. The Balaban J connectivity index is 2.94. The Morgan fingerprint density at radius 2 is 2.00 bits per heavy atom. The van der Waals surface area contributed by atoms with Crippen LogP contribution in [0, 0.1) is 18.3 Å². The highest BCUT2D eigenvalue weighted by Crippen LogP contribution is 2.28. The number of benzene rings is 1. The Labute approximate surface area is 140 Å². The first kappa shape index (κ1) is 19.8. The smallest absolute Gasteiger partial charge is 0.323 e. The Hall–Kier alpha value is -2.23. The van der Waals surface area contributed by atoms with E-state index in [1.807, 2.05) is 45.0 Å². The molecule has 0 saturated carbocycles. The third kappa shape index (κ3) is 6.11. The van der Waals surface area contributed by atoms with Crippen molar-refractivity contribution in [3.05, 3.63) is 29.3 Å². The molecule has 7 heteroatoms. The number of nitrogens with zero attached hydrogens (tertiary/aromatic N) is 2. The van der Waals surface area contributed by atoms with Crippen molar-refractivity contribution in [2.24, 2.45) is 0 Å². The van der Waals surface area contributed by atoms with Crippen LogP contribution >= 0.6 is 0 Å². The first-order valence-electron chi connectivity index (χ1n) is 7.75. The summed E-state index contributed by atoms with van der Waals surface area (Å²) in [5.41, 5.74) is 2.37. The molecule has 0 aliphatic carbocycles. The van der Waals surface area contributed by atoms with Gasteiger partial charge in [0.15, 0.2) is 0 Å². The topological polar surface area (TPSA) is 56.1 Å². The lowest BCUT2D eigenvalue weighted by Crippen LogP contribution is -2.38. The molecule has 0 heterocycles. The molecule has 0 saturated heterocycles. The van der Waals surface area contributed by atoms with Crippen LogP contribution in [0.2, 0.25) is 0 Å². The van der Waals surface area contributed by atoms with E-state index >= 15 is 0 Å². The van der Waals surface area contributed by atoms with Crippen LogP contribution in [0.15, 0.2) is 18.2 Å². The second-order valence-corrected chi connectivity index (χ2v) is 5.88. The van der Waals surface area contributed by atoms with Gasteiger partial charge >= 0.3 is 12.2 Å². The molecule has 24 heavy (non-hydrogen) atoms. The number of urea groups is 1. The second-order valence-electron chi connectivity index (χ2n) is 5.88. The van der Waals surface area contributed by atoms with Gasteiger partial charge < -0.3 is 10.2 Å². The van der Waals surface area contributed by atoms with E-state index in [1.54, 1.807) is 0 Å². The van der Waals surface area contributed by atoms with Crippen molar-refractivity contribution in [2.45, 2.75) is 45.7 Å². The monoisotopic (exact) mass is 341 g/mol. The van der Waals surface area contributed by atoms with E-state index in [-0.39, 0.29) is 18.9 Å². The highest BCUT2D eigenvalue weighted by atomic mass is 19.4. The molecular weight excluding hydrogens is 319 g/mol. The summed E-state index contributed by atoms with van der Waals surface area (Å²) in [6, 6.07) is 6.81. The molecule has 1 aromatic carbocycles. The summed E-state index contributed by atoms with van der Waals surface area (Å²) < 4.78 is 37.3. The van der Waals surface area contributed by atoms with Gasteiger partial charge in [-0.1, -0.05) is 32.0 Å². The fourth-order valence-corrected chi connectivity index (χ4v) is 2.29. The van der Waals surface area contributed by atoms with Gasteiger partial charge in [0, 0.05) is 18.8 Å². The highest BCUT2D eigenvalue weighted by Gasteiger charge is 2.29. The highest BCUT2D eigenvalue weighted by molar-refractivity contribution is 5.91. The van der Waals surface area contributed by atoms with Crippen LogP contribution in [0.4, 0.5) is 23.7 Å². The van der Waals surface area contributed by atoms with Crippen LogP contribution in [0.25, 0.3) is 0 Å². The van der Waals surface area contributed by atoms with Gasteiger partial charge in [0.2, 0.25) is 0 Å². The Morgan fingerprint density at radius 1 is 1.33 bits per heavy atom. The lowest BCUT2D eigenvalue weighted by atomic mass is 9.98. The second kappa shape index (κ2) is 8.57. The largest absolute Gasteiger partial charge is 0.390 e.